The van der Waals surface area contributed by atoms with Crippen molar-refractivity contribution in [2.24, 2.45) is 11.0 Å². The van der Waals surface area contributed by atoms with Crippen molar-refractivity contribution in [3.05, 3.63) is 23.8 Å². The molecule has 0 unspecified atom stereocenters. The van der Waals surface area contributed by atoms with E-state index in [9.17, 15) is 14.4 Å². The summed E-state index contributed by atoms with van der Waals surface area (Å²) in [6, 6.07) is 4.51. The number of benzene rings is 1. The van der Waals surface area contributed by atoms with Gasteiger partial charge in [-0.25, -0.2) is 4.79 Å². The number of nitrogens with one attached hydrogen (secondary N) is 2. The van der Waals surface area contributed by atoms with Gasteiger partial charge in [0.2, 0.25) is 0 Å². The third-order valence-electron chi connectivity index (χ3n) is 5.51. The number of hydrogen-bond acceptors (Lipinski definition) is 6. The summed E-state index contributed by atoms with van der Waals surface area (Å²) in [5.41, 5.74) is -0.203. The number of rotatable bonds is 7. The van der Waals surface area contributed by atoms with Gasteiger partial charge in [-0.3, -0.25) is 9.59 Å². The predicted octanol–water partition coefficient (Wildman–Crippen LogP) is 2.04. The number of nitrogens with zero attached hydrogens (tertiary/aromatic N) is 2. The average Bonchev–Trinajstić information content (AvgIpc) is 2.97. The highest BCUT2D eigenvalue weighted by Crippen LogP contribution is 2.36. The molecule has 0 radical (unpaired) electrons. The molecule has 4 amide bonds. The van der Waals surface area contributed by atoms with Gasteiger partial charge in [0, 0.05) is 6.54 Å². The number of amides is 4. The summed E-state index contributed by atoms with van der Waals surface area (Å²) in [4.78, 5) is 36.8. The van der Waals surface area contributed by atoms with Crippen molar-refractivity contribution in [2.45, 2.75) is 45.1 Å². The Balaban J connectivity index is 1.69. The van der Waals surface area contributed by atoms with E-state index in [-0.39, 0.29) is 18.4 Å². The van der Waals surface area contributed by atoms with E-state index in [2.05, 4.69) is 22.7 Å². The van der Waals surface area contributed by atoms with Gasteiger partial charge in [0.15, 0.2) is 18.1 Å². The van der Waals surface area contributed by atoms with Crippen LogP contribution in [0.1, 0.15) is 45.1 Å². The molecule has 162 valence electrons. The Kier molecular flexibility index (Phi) is 6.59. The molecule has 1 spiro atoms. The molecular weight excluding hydrogens is 388 g/mol. The highest BCUT2D eigenvalue weighted by atomic mass is 16.5. The summed E-state index contributed by atoms with van der Waals surface area (Å²) in [6.07, 6.45) is 4.50. The Morgan fingerprint density at radius 1 is 1.33 bits per heavy atom. The van der Waals surface area contributed by atoms with Gasteiger partial charge in [0.1, 0.15) is 5.54 Å². The molecule has 1 aromatic rings. The Bertz CT molecular complexity index is 846. The highest BCUT2D eigenvalue weighted by Gasteiger charge is 2.52. The van der Waals surface area contributed by atoms with Crippen molar-refractivity contribution < 1.29 is 23.9 Å². The average molecular weight is 416 g/mol. The molecule has 2 N–H and O–H groups in total. The summed E-state index contributed by atoms with van der Waals surface area (Å²) in [5.74, 6) is 0.850. The van der Waals surface area contributed by atoms with Crippen LogP contribution in [0.5, 0.6) is 11.5 Å². The number of hydrazone groups is 1. The zero-order valence-corrected chi connectivity index (χ0v) is 17.6. The molecule has 9 nitrogen and oxygen atoms in total. The fourth-order valence-electron chi connectivity index (χ4n) is 3.70. The molecule has 2 fully saturated rings. The van der Waals surface area contributed by atoms with E-state index >= 15 is 0 Å². The normalized spacial score (nSPS) is 23.7. The lowest BCUT2D eigenvalue weighted by molar-refractivity contribution is -0.132. The monoisotopic (exact) mass is 416 g/mol. The molecule has 1 aromatic carbocycles. The fraction of sp³-hybridized carbons (Fsp3) is 0.524. The second-order valence-corrected chi connectivity index (χ2v) is 7.71. The van der Waals surface area contributed by atoms with Crippen molar-refractivity contribution in [3.8, 4) is 11.5 Å². The summed E-state index contributed by atoms with van der Waals surface area (Å²) in [6.45, 7) is 4.38. The van der Waals surface area contributed by atoms with Crippen molar-refractivity contribution >= 4 is 24.1 Å². The van der Waals surface area contributed by atoms with Crippen LogP contribution in [0, 0.1) is 5.92 Å². The highest BCUT2D eigenvalue weighted by molar-refractivity contribution is 6.07. The molecule has 30 heavy (non-hydrogen) atoms. The minimum Gasteiger partial charge on any atom is -0.493 e. The maximum Gasteiger partial charge on any atom is 0.346 e. The van der Waals surface area contributed by atoms with Gasteiger partial charge < -0.3 is 20.1 Å². The lowest BCUT2D eigenvalue weighted by Gasteiger charge is -2.33. The fourth-order valence-corrected chi connectivity index (χ4v) is 3.70. The van der Waals surface area contributed by atoms with Gasteiger partial charge in [0.05, 0.1) is 13.3 Å². The van der Waals surface area contributed by atoms with Crippen LogP contribution in [0.25, 0.3) is 0 Å². The number of urea groups is 1. The molecule has 0 aromatic heterocycles. The number of ether oxygens (including phenoxy) is 2. The van der Waals surface area contributed by atoms with E-state index in [4.69, 9.17) is 9.47 Å². The quantitative estimate of drug-likeness (QED) is 0.522. The minimum atomic E-state index is -0.824. The number of likely N-dealkylation sites (N-methyl/N-ethyl adjacent to an activating group) is 1. The van der Waals surface area contributed by atoms with Crippen LogP contribution < -0.4 is 20.1 Å². The maximum atomic E-state index is 12.8. The largest absolute Gasteiger partial charge is 0.493 e. The summed E-state index contributed by atoms with van der Waals surface area (Å²) < 4.78 is 10.8. The van der Waals surface area contributed by atoms with Crippen LogP contribution in [0.3, 0.4) is 0 Å². The number of methoxy groups -OCH3 is 1. The second kappa shape index (κ2) is 9.15. The summed E-state index contributed by atoms with van der Waals surface area (Å²) in [5, 5.41) is 10.5. The molecular formula is C21H28N4O5. The standard InChI is InChI=1S/C21H28N4O5/c1-4-22-18(26)13-30-16-6-5-15(11-17(16)29-3)12-23-25-19(27)21(24-20(25)28)9-7-14(2)8-10-21/h5-6,11-12,14H,4,7-10,13H2,1-3H3,(H,22,26)(H,24,28)/b23-12+. The first-order valence-electron chi connectivity index (χ1n) is 10.2. The van der Waals surface area contributed by atoms with E-state index in [0.29, 0.717) is 42.4 Å². The smallest absolute Gasteiger partial charge is 0.346 e. The molecule has 3 rings (SSSR count). The zero-order valence-electron chi connectivity index (χ0n) is 17.6. The predicted molar refractivity (Wildman–Crippen MR) is 111 cm³/mol. The summed E-state index contributed by atoms with van der Waals surface area (Å²) in [7, 11) is 1.49. The third kappa shape index (κ3) is 4.55. The first-order valence-corrected chi connectivity index (χ1v) is 10.2. The second-order valence-electron chi connectivity index (χ2n) is 7.71. The zero-order chi connectivity index (χ0) is 21.7. The molecule has 1 saturated carbocycles. The van der Waals surface area contributed by atoms with Crippen LogP contribution in [-0.2, 0) is 9.59 Å². The Morgan fingerprint density at radius 2 is 2.07 bits per heavy atom. The van der Waals surface area contributed by atoms with Gasteiger partial charge in [-0.05, 0) is 62.3 Å². The van der Waals surface area contributed by atoms with E-state index in [1.807, 2.05) is 6.92 Å². The molecule has 1 heterocycles. The number of imide groups is 1. The number of carbonyl (C=O) groups excluding carboxylic acids is 3. The Morgan fingerprint density at radius 3 is 2.73 bits per heavy atom. The van der Waals surface area contributed by atoms with Gasteiger partial charge in [0.25, 0.3) is 11.8 Å². The van der Waals surface area contributed by atoms with Crippen molar-refractivity contribution in [1.82, 2.24) is 15.6 Å². The lowest BCUT2D eigenvalue weighted by atomic mass is 9.77. The first-order chi connectivity index (χ1) is 14.4. The molecule has 0 atom stereocenters. The van der Waals surface area contributed by atoms with Crippen molar-refractivity contribution in [1.29, 1.82) is 0 Å². The third-order valence-corrected chi connectivity index (χ3v) is 5.51. The van der Waals surface area contributed by atoms with Crippen LogP contribution in [0.2, 0.25) is 0 Å². The van der Waals surface area contributed by atoms with Gasteiger partial charge in [-0.15, -0.1) is 5.01 Å². The molecule has 0 bridgehead atoms. The number of carbonyl (C=O) groups is 3. The lowest BCUT2D eigenvalue weighted by Crippen LogP contribution is -2.49. The van der Waals surface area contributed by atoms with Gasteiger partial charge >= 0.3 is 6.03 Å². The van der Waals surface area contributed by atoms with Crippen molar-refractivity contribution in [3.63, 3.8) is 0 Å². The van der Waals surface area contributed by atoms with E-state index < -0.39 is 11.6 Å². The molecule has 1 aliphatic heterocycles. The SMILES string of the molecule is CCNC(=O)COc1ccc(/C=N/N2C(=O)NC3(CCC(C)CC3)C2=O)cc1OC. The molecule has 9 heteroatoms. The maximum absolute atomic E-state index is 12.8. The molecule has 1 aliphatic carbocycles. The van der Waals surface area contributed by atoms with Gasteiger partial charge in [-0.1, -0.05) is 6.92 Å². The van der Waals surface area contributed by atoms with E-state index in [1.54, 1.807) is 18.2 Å². The van der Waals surface area contributed by atoms with Gasteiger partial charge in [-0.2, -0.15) is 5.10 Å². The minimum absolute atomic E-state index is 0.124. The Labute approximate surface area is 175 Å². The Hall–Kier alpha value is -3.10. The molecule has 2 aliphatic rings. The van der Waals surface area contributed by atoms with Crippen LogP contribution in [0.4, 0.5) is 4.79 Å². The number of hydrogen-bond donors (Lipinski definition) is 2. The van der Waals surface area contributed by atoms with Crippen LogP contribution >= 0.6 is 0 Å². The summed E-state index contributed by atoms with van der Waals surface area (Å²) >= 11 is 0. The van der Waals surface area contributed by atoms with Crippen LogP contribution in [-0.4, -0.2) is 54.9 Å². The van der Waals surface area contributed by atoms with E-state index in [0.717, 1.165) is 17.9 Å². The first kappa shape index (κ1) is 21.6. The van der Waals surface area contributed by atoms with E-state index in [1.165, 1.54) is 13.3 Å². The topological polar surface area (TPSA) is 109 Å². The van der Waals surface area contributed by atoms with Crippen molar-refractivity contribution in [2.75, 3.05) is 20.3 Å². The van der Waals surface area contributed by atoms with Crippen LogP contribution in [0.15, 0.2) is 23.3 Å². The molecule has 1 saturated heterocycles.